The number of fused-ring (bicyclic) bond motifs is 1. The van der Waals surface area contributed by atoms with Crippen molar-refractivity contribution in [3.63, 3.8) is 0 Å². The molecule has 7 nitrogen and oxygen atoms in total. The third kappa shape index (κ3) is 4.33. The van der Waals surface area contributed by atoms with Crippen molar-refractivity contribution < 1.29 is 14.3 Å². The van der Waals surface area contributed by atoms with Gasteiger partial charge in [-0.2, -0.15) is 0 Å². The van der Waals surface area contributed by atoms with Crippen LogP contribution in [0.5, 0.6) is 11.6 Å². The summed E-state index contributed by atoms with van der Waals surface area (Å²) in [5.74, 6) is 0.667. The number of aromatic nitrogens is 3. The van der Waals surface area contributed by atoms with Crippen molar-refractivity contribution in [3.05, 3.63) is 66.1 Å². The molecule has 0 saturated carbocycles. The van der Waals surface area contributed by atoms with E-state index in [2.05, 4.69) is 15.0 Å². The van der Waals surface area contributed by atoms with Gasteiger partial charge in [0.2, 0.25) is 11.8 Å². The third-order valence-corrected chi connectivity index (χ3v) is 5.11. The second-order valence-corrected chi connectivity index (χ2v) is 7.05. The fraction of sp³-hybridized carbons (Fsp3) is 0.143. The van der Waals surface area contributed by atoms with Crippen LogP contribution in [-0.2, 0) is 0 Å². The number of hydrogen-bond donors (Lipinski definition) is 1. The van der Waals surface area contributed by atoms with E-state index in [4.69, 9.17) is 15.2 Å². The number of nitrogens with zero attached hydrogens (tertiary/aromatic N) is 3. The van der Waals surface area contributed by atoms with E-state index < -0.39 is 5.91 Å². The Morgan fingerprint density at radius 3 is 2.83 bits per heavy atom. The number of hydrogen-bond acceptors (Lipinski definition) is 7. The summed E-state index contributed by atoms with van der Waals surface area (Å²) in [6, 6.07) is 10.7. The summed E-state index contributed by atoms with van der Waals surface area (Å²) in [6.45, 7) is 0.874. The van der Waals surface area contributed by atoms with Crippen LogP contribution in [0.2, 0.25) is 0 Å². The summed E-state index contributed by atoms with van der Waals surface area (Å²) in [4.78, 5) is 24.9. The van der Waals surface area contributed by atoms with Gasteiger partial charge >= 0.3 is 0 Å². The maximum Gasteiger partial charge on any atom is 0.248 e. The van der Waals surface area contributed by atoms with Crippen molar-refractivity contribution in [3.8, 4) is 22.8 Å². The van der Waals surface area contributed by atoms with Crippen LogP contribution in [0.4, 0.5) is 0 Å². The lowest BCUT2D eigenvalue weighted by atomic mass is 10.1. The van der Waals surface area contributed by atoms with Crippen molar-refractivity contribution in [1.29, 1.82) is 0 Å². The van der Waals surface area contributed by atoms with E-state index in [1.54, 1.807) is 41.8 Å². The molecule has 3 heterocycles. The SMILES string of the molecule is NC(=O)c1cccc(OCCCOc2ncnc3scc(-c4cccnc4)c23)c1. The van der Waals surface area contributed by atoms with E-state index in [9.17, 15) is 4.79 Å². The molecule has 0 aliphatic rings. The number of thiophene rings is 1. The molecule has 0 aliphatic carbocycles. The predicted octanol–water partition coefficient (Wildman–Crippen LogP) is 3.70. The Balaban J connectivity index is 1.40. The quantitative estimate of drug-likeness (QED) is 0.448. The van der Waals surface area contributed by atoms with E-state index in [0.717, 1.165) is 21.3 Å². The minimum absolute atomic E-state index is 0.419. The lowest BCUT2D eigenvalue weighted by molar-refractivity contribution is 0.0999. The second-order valence-electron chi connectivity index (χ2n) is 6.19. The van der Waals surface area contributed by atoms with E-state index in [1.165, 1.54) is 6.33 Å². The first kappa shape index (κ1) is 18.8. The Morgan fingerprint density at radius 2 is 2.00 bits per heavy atom. The summed E-state index contributed by atoms with van der Waals surface area (Å²) in [5, 5.41) is 2.93. The molecule has 8 heteroatoms. The zero-order valence-electron chi connectivity index (χ0n) is 15.4. The number of rotatable bonds is 8. The fourth-order valence-corrected chi connectivity index (χ4v) is 3.76. The average molecular weight is 406 g/mol. The lowest BCUT2D eigenvalue weighted by Crippen LogP contribution is -2.11. The number of pyridine rings is 1. The predicted molar refractivity (Wildman–Crippen MR) is 111 cm³/mol. The topological polar surface area (TPSA) is 100 Å². The van der Waals surface area contributed by atoms with Gasteiger partial charge in [-0.05, 0) is 24.3 Å². The van der Waals surface area contributed by atoms with Crippen LogP contribution >= 0.6 is 11.3 Å². The monoisotopic (exact) mass is 406 g/mol. The summed E-state index contributed by atoms with van der Waals surface area (Å²) in [7, 11) is 0. The molecule has 0 saturated heterocycles. The molecule has 2 N–H and O–H groups in total. The summed E-state index contributed by atoms with van der Waals surface area (Å²) >= 11 is 1.55. The standard InChI is InChI=1S/C21H18N4O3S/c22-19(26)14-4-1-6-16(10-14)27-8-3-9-28-20-18-17(15-5-2-7-23-11-15)12-29-21(18)25-13-24-20/h1-2,4-7,10-13H,3,8-9H2,(H2,22,26). The van der Waals surface area contributed by atoms with Gasteiger partial charge < -0.3 is 15.2 Å². The molecular formula is C21H18N4O3S. The normalized spacial score (nSPS) is 10.8. The van der Waals surface area contributed by atoms with Gasteiger partial charge in [0.15, 0.2) is 0 Å². The van der Waals surface area contributed by atoms with E-state index in [-0.39, 0.29) is 0 Å². The average Bonchev–Trinajstić information content (AvgIpc) is 3.19. The van der Waals surface area contributed by atoms with Crippen LogP contribution < -0.4 is 15.2 Å². The molecule has 1 amide bonds. The van der Waals surface area contributed by atoms with Crippen LogP contribution in [0.25, 0.3) is 21.3 Å². The van der Waals surface area contributed by atoms with Gasteiger partial charge in [0.25, 0.3) is 0 Å². The minimum atomic E-state index is -0.480. The molecule has 4 rings (SSSR count). The highest BCUT2D eigenvalue weighted by Gasteiger charge is 2.14. The Morgan fingerprint density at radius 1 is 1.10 bits per heavy atom. The van der Waals surface area contributed by atoms with Crippen molar-refractivity contribution in [1.82, 2.24) is 15.0 Å². The first-order valence-electron chi connectivity index (χ1n) is 9.00. The summed E-state index contributed by atoms with van der Waals surface area (Å²) < 4.78 is 11.6. The minimum Gasteiger partial charge on any atom is -0.493 e. The number of primary amides is 1. The molecule has 0 fully saturated rings. The number of ether oxygens (including phenoxy) is 2. The third-order valence-electron chi connectivity index (χ3n) is 4.22. The van der Waals surface area contributed by atoms with Crippen LogP contribution in [0.1, 0.15) is 16.8 Å². The van der Waals surface area contributed by atoms with Crippen LogP contribution in [-0.4, -0.2) is 34.1 Å². The van der Waals surface area contributed by atoms with E-state index in [1.807, 2.05) is 23.7 Å². The number of benzene rings is 1. The Hall–Kier alpha value is -3.52. The molecule has 0 spiro atoms. The molecular weight excluding hydrogens is 388 g/mol. The van der Waals surface area contributed by atoms with Crippen LogP contribution in [0.3, 0.4) is 0 Å². The molecule has 29 heavy (non-hydrogen) atoms. The maximum absolute atomic E-state index is 11.2. The highest BCUT2D eigenvalue weighted by atomic mass is 32.1. The van der Waals surface area contributed by atoms with Gasteiger partial charge in [0.05, 0.1) is 18.6 Å². The number of carbonyl (C=O) groups is 1. The first-order valence-corrected chi connectivity index (χ1v) is 9.88. The maximum atomic E-state index is 11.2. The number of carbonyl (C=O) groups excluding carboxylic acids is 1. The van der Waals surface area contributed by atoms with Crippen molar-refractivity contribution in [2.75, 3.05) is 13.2 Å². The van der Waals surface area contributed by atoms with Gasteiger partial charge in [-0.1, -0.05) is 12.1 Å². The molecule has 0 radical (unpaired) electrons. The molecule has 0 unspecified atom stereocenters. The summed E-state index contributed by atoms with van der Waals surface area (Å²) in [6.07, 6.45) is 5.71. The summed E-state index contributed by atoms with van der Waals surface area (Å²) in [5.41, 5.74) is 7.71. The molecule has 0 atom stereocenters. The van der Waals surface area contributed by atoms with Crippen molar-refractivity contribution >= 4 is 27.5 Å². The van der Waals surface area contributed by atoms with Crippen molar-refractivity contribution in [2.24, 2.45) is 5.73 Å². The fourth-order valence-electron chi connectivity index (χ4n) is 2.85. The zero-order valence-corrected chi connectivity index (χ0v) is 16.3. The first-order chi connectivity index (χ1) is 14.2. The van der Waals surface area contributed by atoms with Crippen LogP contribution in [0, 0.1) is 0 Å². The molecule has 0 aliphatic heterocycles. The Labute approximate surface area is 171 Å². The number of amides is 1. The number of nitrogens with two attached hydrogens (primary N) is 1. The molecule has 0 bridgehead atoms. The van der Waals surface area contributed by atoms with Gasteiger partial charge in [-0.3, -0.25) is 9.78 Å². The molecule has 1 aromatic carbocycles. The molecule has 4 aromatic rings. The Bertz CT molecular complexity index is 1130. The van der Waals surface area contributed by atoms with Gasteiger partial charge in [0, 0.05) is 40.9 Å². The largest absolute Gasteiger partial charge is 0.493 e. The lowest BCUT2D eigenvalue weighted by Gasteiger charge is -2.09. The van der Waals surface area contributed by atoms with Gasteiger partial charge in [-0.25, -0.2) is 9.97 Å². The highest BCUT2D eigenvalue weighted by Crippen LogP contribution is 2.37. The highest BCUT2D eigenvalue weighted by molar-refractivity contribution is 7.17. The molecule has 3 aromatic heterocycles. The second kappa shape index (κ2) is 8.66. The molecule has 146 valence electrons. The zero-order chi connectivity index (χ0) is 20.1. The van der Waals surface area contributed by atoms with E-state index >= 15 is 0 Å². The van der Waals surface area contributed by atoms with E-state index in [0.29, 0.717) is 36.8 Å². The van der Waals surface area contributed by atoms with Gasteiger partial charge in [-0.15, -0.1) is 11.3 Å². The smallest absolute Gasteiger partial charge is 0.248 e. The van der Waals surface area contributed by atoms with Crippen LogP contribution in [0.15, 0.2) is 60.5 Å². The Kier molecular flexibility index (Phi) is 5.62. The van der Waals surface area contributed by atoms with Crippen molar-refractivity contribution in [2.45, 2.75) is 6.42 Å². The van der Waals surface area contributed by atoms with Gasteiger partial charge in [0.1, 0.15) is 16.9 Å².